The standard InChI is InChI=1S/C14H22N2O2S/c1-10(11(2)15-3)13-6-4-5-7-14(13)19(17,18)16-12-8-9-12/h4-7,10-12,15-16H,8-9H2,1-3H3. The first-order valence-electron chi connectivity index (χ1n) is 6.74. The molecule has 0 saturated heterocycles. The second-order valence-corrected chi connectivity index (χ2v) is 6.98. The van der Waals surface area contributed by atoms with Crippen LogP contribution in [0.15, 0.2) is 29.2 Å². The Morgan fingerprint density at radius 2 is 1.84 bits per heavy atom. The number of hydrogen-bond acceptors (Lipinski definition) is 3. The predicted octanol–water partition coefficient (Wildman–Crippen LogP) is 1.84. The van der Waals surface area contributed by atoms with E-state index in [4.69, 9.17) is 0 Å². The third-order valence-corrected chi connectivity index (χ3v) is 5.40. The maximum Gasteiger partial charge on any atom is 0.241 e. The van der Waals surface area contributed by atoms with Crippen LogP contribution in [-0.4, -0.2) is 27.5 Å². The van der Waals surface area contributed by atoms with Gasteiger partial charge in [-0.2, -0.15) is 0 Å². The van der Waals surface area contributed by atoms with Crippen molar-refractivity contribution in [2.75, 3.05) is 7.05 Å². The second kappa shape index (κ2) is 5.61. The third kappa shape index (κ3) is 3.35. The van der Waals surface area contributed by atoms with E-state index in [0.29, 0.717) is 4.90 Å². The minimum Gasteiger partial charge on any atom is -0.317 e. The van der Waals surface area contributed by atoms with Crippen molar-refractivity contribution in [1.29, 1.82) is 0 Å². The molecular weight excluding hydrogens is 260 g/mol. The van der Waals surface area contributed by atoms with Crippen LogP contribution in [0.5, 0.6) is 0 Å². The topological polar surface area (TPSA) is 58.2 Å². The van der Waals surface area contributed by atoms with Crippen LogP contribution in [0.3, 0.4) is 0 Å². The summed E-state index contributed by atoms with van der Waals surface area (Å²) < 4.78 is 27.5. The Bertz CT molecular complexity index is 538. The van der Waals surface area contributed by atoms with Gasteiger partial charge in [-0.15, -0.1) is 0 Å². The summed E-state index contributed by atoms with van der Waals surface area (Å²) in [6, 6.07) is 7.62. The molecule has 2 unspecified atom stereocenters. The lowest BCUT2D eigenvalue weighted by Gasteiger charge is -2.22. The fourth-order valence-corrected chi connectivity index (χ4v) is 3.73. The van der Waals surface area contributed by atoms with Gasteiger partial charge in [0.25, 0.3) is 0 Å². The largest absolute Gasteiger partial charge is 0.317 e. The highest BCUT2D eigenvalue weighted by Gasteiger charge is 2.30. The molecule has 0 bridgehead atoms. The first kappa shape index (κ1) is 14.5. The molecule has 0 amide bonds. The molecule has 2 rings (SSSR count). The van der Waals surface area contributed by atoms with E-state index in [1.54, 1.807) is 12.1 Å². The average Bonchev–Trinajstić information content (AvgIpc) is 3.20. The molecule has 1 aromatic rings. The Hall–Kier alpha value is -0.910. The van der Waals surface area contributed by atoms with E-state index in [1.807, 2.05) is 26.1 Å². The zero-order valence-corrected chi connectivity index (χ0v) is 12.5. The van der Waals surface area contributed by atoms with Gasteiger partial charge in [-0.05, 0) is 44.4 Å². The van der Waals surface area contributed by atoms with Gasteiger partial charge in [-0.25, -0.2) is 13.1 Å². The number of benzene rings is 1. The predicted molar refractivity (Wildman–Crippen MR) is 76.7 cm³/mol. The van der Waals surface area contributed by atoms with Crippen molar-refractivity contribution in [3.63, 3.8) is 0 Å². The first-order chi connectivity index (χ1) is 8.95. The minimum atomic E-state index is -3.39. The van der Waals surface area contributed by atoms with E-state index < -0.39 is 10.0 Å². The van der Waals surface area contributed by atoms with Gasteiger partial charge < -0.3 is 5.32 Å². The molecule has 1 fully saturated rings. The zero-order valence-electron chi connectivity index (χ0n) is 11.7. The molecule has 1 aromatic carbocycles. The van der Waals surface area contributed by atoms with Gasteiger partial charge in [0.1, 0.15) is 0 Å². The minimum absolute atomic E-state index is 0.134. The highest BCUT2D eigenvalue weighted by Crippen LogP contribution is 2.28. The number of sulfonamides is 1. The van der Waals surface area contributed by atoms with Gasteiger partial charge >= 0.3 is 0 Å². The van der Waals surface area contributed by atoms with Gasteiger partial charge in [0.15, 0.2) is 0 Å². The first-order valence-corrected chi connectivity index (χ1v) is 8.22. The maximum atomic E-state index is 12.4. The van der Waals surface area contributed by atoms with Crippen LogP contribution in [0.4, 0.5) is 0 Å². The molecule has 106 valence electrons. The highest BCUT2D eigenvalue weighted by molar-refractivity contribution is 7.89. The second-order valence-electron chi connectivity index (χ2n) is 5.30. The van der Waals surface area contributed by atoms with Crippen LogP contribution >= 0.6 is 0 Å². The summed E-state index contributed by atoms with van der Waals surface area (Å²) in [6.07, 6.45) is 1.90. The fraction of sp³-hybridized carbons (Fsp3) is 0.571. The smallest absolute Gasteiger partial charge is 0.241 e. The Morgan fingerprint density at radius 3 is 2.42 bits per heavy atom. The number of rotatable bonds is 6. The number of hydrogen-bond donors (Lipinski definition) is 2. The Labute approximate surface area is 115 Å². The van der Waals surface area contributed by atoms with Crippen molar-refractivity contribution in [3.8, 4) is 0 Å². The number of nitrogens with one attached hydrogen (secondary N) is 2. The van der Waals surface area contributed by atoms with E-state index in [9.17, 15) is 8.42 Å². The highest BCUT2D eigenvalue weighted by atomic mass is 32.2. The lowest BCUT2D eigenvalue weighted by Crippen LogP contribution is -2.31. The van der Waals surface area contributed by atoms with Crippen LogP contribution in [0, 0.1) is 0 Å². The van der Waals surface area contributed by atoms with Crippen LogP contribution in [-0.2, 0) is 10.0 Å². The Kier molecular flexibility index (Phi) is 4.28. The van der Waals surface area contributed by atoms with Crippen molar-refractivity contribution >= 4 is 10.0 Å². The molecule has 1 aliphatic carbocycles. The van der Waals surface area contributed by atoms with E-state index in [1.165, 1.54) is 0 Å². The van der Waals surface area contributed by atoms with E-state index in [0.717, 1.165) is 18.4 Å². The van der Waals surface area contributed by atoms with Gasteiger partial charge in [-0.1, -0.05) is 25.1 Å². The van der Waals surface area contributed by atoms with Crippen molar-refractivity contribution < 1.29 is 8.42 Å². The summed E-state index contributed by atoms with van der Waals surface area (Å²) in [5.74, 6) is 0.136. The summed E-state index contributed by atoms with van der Waals surface area (Å²) in [4.78, 5) is 0.413. The van der Waals surface area contributed by atoms with Crippen LogP contribution in [0.2, 0.25) is 0 Å². The average molecular weight is 282 g/mol. The summed E-state index contributed by atoms with van der Waals surface area (Å²) >= 11 is 0. The Morgan fingerprint density at radius 1 is 1.21 bits per heavy atom. The van der Waals surface area contributed by atoms with E-state index >= 15 is 0 Å². The normalized spacial score (nSPS) is 19.1. The summed E-state index contributed by atoms with van der Waals surface area (Å²) in [5, 5.41) is 3.18. The quantitative estimate of drug-likeness (QED) is 0.837. The van der Waals surface area contributed by atoms with Gasteiger partial charge in [0, 0.05) is 12.1 Å². The van der Waals surface area contributed by atoms with Crippen molar-refractivity contribution in [2.45, 2.75) is 49.6 Å². The number of likely N-dealkylation sites (N-methyl/N-ethyl adjacent to an activating group) is 1. The summed E-state index contributed by atoms with van der Waals surface area (Å²) in [7, 11) is -1.50. The SMILES string of the molecule is CNC(C)C(C)c1ccccc1S(=O)(=O)NC1CC1. The van der Waals surface area contributed by atoms with Crippen LogP contribution < -0.4 is 10.0 Å². The van der Waals surface area contributed by atoms with E-state index in [-0.39, 0.29) is 18.0 Å². The molecule has 0 heterocycles. The molecule has 4 nitrogen and oxygen atoms in total. The van der Waals surface area contributed by atoms with Gasteiger partial charge in [0.05, 0.1) is 4.90 Å². The maximum absolute atomic E-state index is 12.4. The molecule has 2 N–H and O–H groups in total. The van der Waals surface area contributed by atoms with Gasteiger partial charge in [0.2, 0.25) is 10.0 Å². The Balaban J connectivity index is 2.34. The molecule has 5 heteroatoms. The van der Waals surface area contributed by atoms with Crippen molar-refractivity contribution in [1.82, 2.24) is 10.0 Å². The molecule has 1 saturated carbocycles. The molecule has 0 aromatic heterocycles. The monoisotopic (exact) mass is 282 g/mol. The van der Waals surface area contributed by atoms with Crippen LogP contribution in [0.1, 0.15) is 38.2 Å². The fourth-order valence-electron chi connectivity index (χ4n) is 2.10. The molecule has 0 spiro atoms. The molecular formula is C14H22N2O2S. The zero-order chi connectivity index (χ0) is 14.0. The third-order valence-electron chi connectivity index (χ3n) is 3.80. The molecule has 0 aliphatic heterocycles. The lowest BCUT2D eigenvalue weighted by atomic mass is 9.94. The molecule has 2 atom stereocenters. The van der Waals surface area contributed by atoms with Crippen molar-refractivity contribution in [2.24, 2.45) is 0 Å². The summed E-state index contributed by atoms with van der Waals surface area (Å²) in [5.41, 5.74) is 0.873. The summed E-state index contributed by atoms with van der Waals surface area (Å²) in [6.45, 7) is 4.11. The molecule has 19 heavy (non-hydrogen) atoms. The van der Waals surface area contributed by atoms with Crippen LogP contribution in [0.25, 0.3) is 0 Å². The molecule has 0 radical (unpaired) electrons. The van der Waals surface area contributed by atoms with Gasteiger partial charge in [-0.3, -0.25) is 0 Å². The lowest BCUT2D eigenvalue weighted by molar-refractivity contribution is 0.515. The van der Waals surface area contributed by atoms with Crippen molar-refractivity contribution in [3.05, 3.63) is 29.8 Å². The molecule has 1 aliphatic rings. The van der Waals surface area contributed by atoms with E-state index in [2.05, 4.69) is 17.0 Å².